The van der Waals surface area contributed by atoms with Crippen LogP contribution in [0.3, 0.4) is 0 Å². The molecule has 0 aliphatic heterocycles. The molecule has 0 aliphatic rings. The molecule has 220 valence electrons. The highest BCUT2D eigenvalue weighted by Gasteiger charge is 2.58. The highest BCUT2D eigenvalue weighted by molar-refractivity contribution is 6.02. The number of Topliss-reactive ketones (excluding diaryl/α,β-unsaturated/α-hetero) is 1. The molecule has 0 aliphatic carbocycles. The third-order valence-corrected chi connectivity index (χ3v) is 6.52. The molecule has 0 spiro atoms. The van der Waals surface area contributed by atoms with E-state index in [1.165, 1.54) is 20.8 Å². The minimum absolute atomic E-state index is 0.155. The molecule has 1 atom stereocenters. The fourth-order valence-electron chi connectivity index (χ4n) is 3.83. The smallest absolute Gasteiger partial charge is 0.408 e. The molecule has 2 aromatic rings. The Bertz CT molecular complexity index is 1260. The van der Waals surface area contributed by atoms with Crippen LogP contribution in [0.2, 0.25) is 0 Å². The number of ketones is 1. The number of benzene rings is 2. The van der Waals surface area contributed by atoms with E-state index in [4.69, 9.17) is 14.2 Å². The summed E-state index contributed by atoms with van der Waals surface area (Å²) in [5.74, 6) is -10.5. The number of ether oxygens (including phenoxy) is 3. The number of halogens is 4. The number of rotatable bonds is 9. The summed E-state index contributed by atoms with van der Waals surface area (Å²) in [4.78, 5) is 40.2. The Morgan fingerprint density at radius 3 is 1.77 bits per heavy atom. The van der Waals surface area contributed by atoms with E-state index in [2.05, 4.69) is 5.32 Å². The summed E-state index contributed by atoms with van der Waals surface area (Å²) in [6, 6.07) is 8.67. The summed E-state index contributed by atoms with van der Waals surface area (Å²) >= 11 is 0. The van der Waals surface area contributed by atoms with Gasteiger partial charge in [-0.25, -0.2) is 13.6 Å². The van der Waals surface area contributed by atoms with Gasteiger partial charge in [-0.15, -0.1) is 0 Å². The Balaban J connectivity index is 2.54. The predicted molar refractivity (Wildman–Crippen MR) is 139 cm³/mol. The first-order chi connectivity index (χ1) is 18.2. The first kappa shape index (κ1) is 32.6. The van der Waals surface area contributed by atoms with Crippen LogP contribution < -0.4 is 10.1 Å². The summed E-state index contributed by atoms with van der Waals surface area (Å²) in [6.07, 6.45) is -1.09. The van der Waals surface area contributed by atoms with E-state index in [0.29, 0.717) is 5.56 Å². The standard InChI is InChI=1S/C29H35F4NO6/c1-16-18(30)20(32)22(21(33)19(16)31)39-28(7,8)23(35)29(9,34-25(37)40-26(2,3)4)27(5,6)24(36)38-15-17-13-11-10-12-14-17/h10-14H,15H2,1-9H3,(H,34,37). The number of hydrogen-bond acceptors (Lipinski definition) is 6. The van der Waals surface area contributed by atoms with Gasteiger partial charge in [-0.1, -0.05) is 30.3 Å². The Morgan fingerprint density at radius 1 is 0.800 bits per heavy atom. The second-order valence-corrected chi connectivity index (χ2v) is 11.6. The van der Waals surface area contributed by atoms with Gasteiger partial charge in [-0.2, -0.15) is 8.78 Å². The minimum atomic E-state index is -2.25. The van der Waals surface area contributed by atoms with Crippen molar-refractivity contribution >= 4 is 17.8 Å². The molecule has 0 radical (unpaired) electrons. The zero-order valence-electron chi connectivity index (χ0n) is 24.1. The van der Waals surface area contributed by atoms with E-state index in [1.54, 1.807) is 51.1 Å². The van der Waals surface area contributed by atoms with Crippen molar-refractivity contribution in [1.82, 2.24) is 5.32 Å². The van der Waals surface area contributed by atoms with Gasteiger partial charge in [0.15, 0.2) is 23.0 Å². The van der Waals surface area contributed by atoms with Crippen LogP contribution in [0.15, 0.2) is 30.3 Å². The summed E-state index contributed by atoms with van der Waals surface area (Å²) in [6.45, 7) is 11.4. The van der Waals surface area contributed by atoms with Crippen molar-refractivity contribution in [1.29, 1.82) is 0 Å². The molecule has 7 nitrogen and oxygen atoms in total. The third-order valence-electron chi connectivity index (χ3n) is 6.52. The molecule has 2 rings (SSSR count). The van der Waals surface area contributed by atoms with Gasteiger partial charge in [-0.3, -0.25) is 9.59 Å². The van der Waals surface area contributed by atoms with E-state index < -0.39 is 74.6 Å². The lowest BCUT2D eigenvalue weighted by molar-refractivity contribution is -0.166. The molecule has 0 saturated carbocycles. The molecule has 0 aromatic heterocycles. The number of alkyl carbamates (subject to hydrolysis) is 1. The molecule has 1 amide bonds. The lowest BCUT2D eigenvalue weighted by Gasteiger charge is -2.44. The first-order valence-electron chi connectivity index (χ1n) is 12.4. The van der Waals surface area contributed by atoms with Gasteiger partial charge in [0.05, 0.1) is 5.41 Å². The number of nitrogens with one attached hydrogen (secondary N) is 1. The number of esters is 1. The summed E-state index contributed by atoms with van der Waals surface area (Å²) in [7, 11) is 0. The van der Waals surface area contributed by atoms with Gasteiger partial charge in [-0.05, 0) is 67.9 Å². The molecule has 0 bridgehead atoms. The Kier molecular flexibility index (Phi) is 9.34. The number of amides is 1. The van der Waals surface area contributed by atoms with Crippen LogP contribution in [0, 0.1) is 35.6 Å². The van der Waals surface area contributed by atoms with E-state index in [9.17, 15) is 31.9 Å². The van der Waals surface area contributed by atoms with Gasteiger partial charge in [0.1, 0.15) is 17.7 Å². The Labute approximate surface area is 231 Å². The van der Waals surface area contributed by atoms with Crippen molar-refractivity contribution in [2.45, 2.75) is 85.7 Å². The van der Waals surface area contributed by atoms with E-state index in [-0.39, 0.29) is 6.61 Å². The van der Waals surface area contributed by atoms with E-state index in [1.807, 2.05) is 0 Å². The van der Waals surface area contributed by atoms with Gasteiger partial charge < -0.3 is 19.5 Å². The maximum atomic E-state index is 14.6. The fraction of sp³-hybridized carbons (Fsp3) is 0.483. The molecular weight excluding hydrogens is 534 g/mol. The maximum absolute atomic E-state index is 14.6. The lowest BCUT2D eigenvalue weighted by atomic mass is 9.67. The molecule has 0 saturated heterocycles. The highest BCUT2D eigenvalue weighted by Crippen LogP contribution is 2.39. The Hall–Kier alpha value is -3.63. The van der Waals surface area contributed by atoms with Crippen molar-refractivity contribution in [3.8, 4) is 5.75 Å². The Morgan fingerprint density at radius 2 is 1.30 bits per heavy atom. The van der Waals surface area contributed by atoms with Crippen LogP contribution in [0.4, 0.5) is 22.4 Å². The van der Waals surface area contributed by atoms with Crippen molar-refractivity contribution in [3.63, 3.8) is 0 Å². The highest BCUT2D eigenvalue weighted by atomic mass is 19.2. The maximum Gasteiger partial charge on any atom is 0.408 e. The molecule has 1 N–H and O–H groups in total. The first-order valence-corrected chi connectivity index (χ1v) is 12.4. The number of carbonyl (C=O) groups is 3. The molecule has 40 heavy (non-hydrogen) atoms. The third kappa shape index (κ3) is 6.74. The van der Waals surface area contributed by atoms with Crippen molar-refractivity contribution in [2.75, 3.05) is 0 Å². The average molecular weight is 570 g/mol. The zero-order valence-corrected chi connectivity index (χ0v) is 24.1. The van der Waals surface area contributed by atoms with E-state index >= 15 is 0 Å². The molecular formula is C29H35F4NO6. The SMILES string of the molecule is Cc1c(F)c(F)c(OC(C)(C)C(=O)C(C)(NC(=O)OC(C)(C)C)C(C)(C)C(=O)OCc2ccccc2)c(F)c1F. The molecule has 0 heterocycles. The van der Waals surface area contributed by atoms with Crippen LogP contribution >= 0.6 is 0 Å². The van der Waals surface area contributed by atoms with Crippen molar-refractivity contribution in [2.24, 2.45) is 5.41 Å². The van der Waals surface area contributed by atoms with E-state index in [0.717, 1.165) is 20.8 Å². The van der Waals surface area contributed by atoms with Gasteiger partial charge in [0, 0.05) is 5.56 Å². The van der Waals surface area contributed by atoms with Gasteiger partial charge in [0.2, 0.25) is 17.4 Å². The van der Waals surface area contributed by atoms with Gasteiger partial charge in [0.25, 0.3) is 0 Å². The molecule has 0 fully saturated rings. The minimum Gasteiger partial charge on any atom is -0.474 e. The predicted octanol–water partition coefficient (Wildman–Crippen LogP) is 6.33. The summed E-state index contributed by atoms with van der Waals surface area (Å²) in [5, 5.41) is 2.39. The monoisotopic (exact) mass is 569 g/mol. The van der Waals surface area contributed by atoms with Crippen LogP contribution in [-0.4, -0.2) is 34.6 Å². The van der Waals surface area contributed by atoms with Crippen molar-refractivity contribution < 1.29 is 46.2 Å². The largest absolute Gasteiger partial charge is 0.474 e. The number of carbonyl (C=O) groups excluding carboxylic acids is 3. The second kappa shape index (κ2) is 11.5. The zero-order chi connectivity index (χ0) is 30.8. The fourth-order valence-corrected chi connectivity index (χ4v) is 3.83. The molecule has 2 aromatic carbocycles. The van der Waals surface area contributed by atoms with Crippen molar-refractivity contribution in [3.05, 3.63) is 64.7 Å². The normalized spacial score (nSPS) is 13.7. The molecule has 1 unspecified atom stereocenters. The summed E-state index contributed by atoms with van der Waals surface area (Å²) in [5.41, 5.74) is -7.54. The molecule has 11 heteroatoms. The van der Waals surface area contributed by atoms with Crippen LogP contribution in [0.5, 0.6) is 5.75 Å². The number of hydrogen-bond donors (Lipinski definition) is 1. The second-order valence-electron chi connectivity index (χ2n) is 11.6. The van der Waals surface area contributed by atoms with Crippen LogP contribution in [0.25, 0.3) is 0 Å². The van der Waals surface area contributed by atoms with Crippen LogP contribution in [-0.2, 0) is 25.7 Å². The van der Waals surface area contributed by atoms with Crippen LogP contribution in [0.1, 0.15) is 66.5 Å². The average Bonchev–Trinajstić information content (AvgIpc) is 2.86. The lowest BCUT2D eigenvalue weighted by Crippen LogP contribution is -2.69. The van der Waals surface area contributed by atoms with Gasteiger partial charge >= 0.3 is 12.1 Å². The summed E-state index contributed by atoms with van der Waals surface area (Å²) < 4.78 is 73.7. The quantitative estimate of drug-likeness (QED) is 0.216. The topological polar surface area (TPSA) is 90.9 Å².